The molecule has 5 heteroatoms. The van der Waals surface area contributed by atoms with E-state index in [4.69, 9.17) is 10.2 Å². The van der Waals surface area contributed by atoms with Gasteiger partial charge in [0.2, 0.25) is 5.91 Å². The highest BCUT2D eigenvalue weighted by atomic mass is 16.4. The predicted molar refractivity (Wildman–Crippen MR) is 99.6 cm³/mol. The average molecular weight is 336 g/mol. The summed E-state index contributed by atoms with van der Waals surface area (Å²) in [4.78, 5) is 23.4. The molecule has 0 saturated carbocycles. The molecule has 3 rings (SSSR count). The Kier molecular flexibility index (Phi) is 4.57. The summed E-state index contributed by atoms with van der Waals surface area (Å²) in [6, 6.07) is 14.4. The Morgan fingerprint density at radius 3 is 2.60 bits per heavy atom. The SMILES string of the molecule is CC[C@@H](Nc1ccc2c(-c3ccccc3C)cc(=O)oc2c1)C(N)=O. The van der Waals surface area contributed by atoms with Crippen LogP contribution in [0, 0.1) is 6.92 Å². The standard InChI is InChI=1S/C20H20N2O3/c1-3-17(20(21)24)22-13-8-9-15-16(11-19(23)25-18(15)10-13)14-7-5-4-6-12(14)2/h4-11,17,22H,3H2,1-2H3,(H2,21,24)/t17-/m1/s1. The number of anilines is 1. The smallest absolute Gasteiger partial charge is 0.336 e. The Hall–Kier alpha value is -3.08. The summed E-state index contributed by atoms with van der Waals surface area (Å²) in [5.74, 6) is -0.419. The number of aryl methyl sites for hydroxylation is 1. The van der Waals surface area contributed by atoms with E-state index in [9.17, 15) is 9.59 Å². The van der Waals surface area contributed by atoms with Gasteiger partial charge in [0, 0.05) is 28.8 Å². The van der Waals surface area contributed by atoms with Crippen molar-refractivity contribution in [3.8, 4) is 11.1 Å². The molecule has 25 heavy (non-hydrogen) atoms. The molecule has 0 saturated heterocycles. The van der Waals surface area contributed by atoms with Crippen LogP contribution in [0.25, 0.3) is 22.1 Å². The molecule has 0 aliphatic carbocycles. The van der Waals surface area contributed by atoms with Gasteiger partial charge in [-0.3, -0.25) is 4.79 Å². The minimum atomic E-state index is -0.469. The van der Waals surface area contributed by atoms with E-state index in [2.05, 4.69) is 5.32 Å². The first kappa shape index (κ1) is 16.8. The fourth-order valence-corrected chi connectivity index (χ4v) is 2.93. The van der Waals surface area contributed by atoms with Crippen LogP contribution in [0.3, 0.4) is 0 Å². The quantitative estimate of drug-likeness (QED) is 0.699. The molecule has 3 aromatic rings. The van der Waals surface area contributed by atoms with Crippen molar-refractivity contribution < 1.29 is 9.21 Å². The van der Waals surface area contributed by atoms with Gasteiger partial charge in [-0.1, -0.05) is 31.2 Å². The molecule has 3 N–H and O–H groups in total. The molecule has 5 nitrogen and oxygen atoms in total. The second kappa shape index (κ2) is 6.81. The zero-order valence-corrected chi connectivity index (χ0v) is 14.2. The minimum absolute atomic E-state index is 0.412. The maximum Gasteiger partial charge on any atom is 0.336 e. The van der Waals surface area contributed by atoms with Crippen molar-refractivity contribution in [1.82, 2.24) is 0 Å². The summed E-state index contributed by atoms with van der Waals surface area (Å²) in [5, 5.41) is 3.91. The molecule has 1 atom stereocenters. The van der Waals surface area contributed by atoms with Crippen LogP contribution >= 0.6 is 0 Å². The van der Waals surface area contributed by atoms with Gasteiger partial charge < -0.3 is 15.5 Å². The Labute approximate surface area is 145 Å². The molecule has 2 aromatic carbocycles. The summed E-state index contributed by atoms with van der Waals surface area (Å²) < 4.78 is 5.37. The second-order valence-electron chi connectivity index (χ2n) is 6.01. The number of nitrogens with one attached hydrogen (secondary N) is 1. The fourth-order valence-electron chi connectivity index (χ4n) is 2.93. The number of carbonyl (C=O) groups excluding carboxylic acids is 1. The monoisotopic (exact) mass is 336 g/mol. The Morgan fingerprint density at radius 1 is 1.16 bits per heavy atom. The van der Waals surface area contributed by atoms with Crippen LogP contribution in [0.5, 0.6) is 0 Å². The lowest BCUT2D eigenvalue weighted by molar-refractivity contribution is -0.118. The highest BCUT2D eigenvalue weighted by molar-refractivity contribution is 5.95. The Balaban J connectivity index is 2.12. The van der Waals surface area contributed by atoms with E-state index in [-0.39, 0.29) is 0 Å². The largest absolute Gasteiger partial charge is 0.423 e. The van der Waals surface area contributed by atoms with Crippen LogP contribution in [-0.2, 0) is 4.79 Å². The van der Waals surface area contributed by atoms with Crippen LogP contribution in [0.1, 0.15) is 18.9 Å². The average Bonchev–Trinajstić information content (AvgIpc) is 2.58. The van der Waals surface area contributed by atoms with Gasteiger partial charge in [-0.05, 0) is 36.6 Å². The first-order valence-electron chi connectivity index (χ1n) is 8.19. The van der Waals surface area contributed by atoms with Gasteiger partial charge in [0.1, 0.15) is 11.6 Å². The normalized spacial score (nSPS) is 12.1. The maximum atomic E-state index is 12.0. The van der Waals surface area contributed by atoms with Gasteiger partial charge in [0.25, 0.3) is 0 Å². The van der Waals surface area contributed by atoms with Crippen molar-refractivity contribution in [2.24, 2.45) is 5.73 Å². The summed E-state index contributed by atoms with van der Waals surface area (Å²) in [6.45, 7) is 3.88. The van der Waals surface area contributed by atoms with E-state index in [1.165, 1.54) is 6.07 Å². The predicted octanol–water partition coefficient (Wildman–Crippen LogP) is 3.44. The Bertz CT molecular complexity index is 992. The topological polar surface area (TPSA) is 85.3 Å². The third-order valence-corrected chi connectivity index (χ3v) is 4.27. The van der Waals surface area contributed by atoms with Crippen LogP contribution in [0.4, 0.5) is 5.69 Å². The number of benzene rings is 2. The van der Waals surface area contributed by atoms with Gasteiger partial charge in [0.15, 0.2) is 0 Å². The van der Waals surface area contributed by atoms with E-state index in [1.54, 1.807) is 6.07 Å². The number of hydrogen-bond acceptors (Lipinski definition) is 4. The van der Waals surface area contributed by atoms with Crippen LogP contribution in [-0.4, -0.2) is 11.9 Å². The lowest BCUT2D eigenvalue weighted by Gasteiger charge is -2.15. The maximum absolute atomic E-state index is 12.0. The minimum Gasteiger partial charge on any atom is -0.423 e. The summed E-state index contributed by atoms with van der Waals surface area (Å²) in [6.07, 6.45) is 0.570. The lowest BCUT2D eigenvalue weighted by atomic mass is 9.98. The molecule has 0 bridgehead atoms. The number of hydrogen-bond donors (Lipinski definition) is 2. The molecule has 1 aromatic heterocycles. The summed E-state index contributed by atoms with van der Waals surface area (Å²) >= 11 is 0. The van der Waals surface area contributed by atoms with Gasteiger partial charge in [-0.15, -0.1) is 0 Å². The number of primary amides is 1. The van der Waals surface area contributed by atoms with Gasteiger partial charge >= 0.3 is 5.63 Å². The van der Waals surface area contributed by atoms with Crippen molar-refractivity contribution in [2.75, 3.05) is 5.32 Å². The number of carbonyl (C=O) groups is 1. The molecule has 1 heterocycles. The van der Waals surface area contributed by atoms with Gasteiger partial charge in [-0.25, -0.2) is 4.79 Å². The third-order valence-electron chi connectivity index (χ3n) is 4.27. The first-order valence-corrected chi connectivity index (χ1v) is 8.19. The van der Waals surface area contributed by atoms with Crippen molar-refractivity contribution in [2.45, 2.75) is 26.3 Å². The number of amides is 1. The van der Waals surface area contributed by atoms with Gasteiger partial charge in [-0.2, -0.15) is 0 Å². The zero-order chi connectivity index (χ0) is 18.0. The van der Waals surface area contributed by atoms with Gasteiger partial charge in [0.05, 0.1) is 0 Å². The molecule has 0 spiro atoms. The van der Waals surface area contributed by atoms with E-state index >= 15 is 0 Å². The highest BCUT2D eigenvalue weighted by Gasteiger charge is 2.14. The molecular formula is C20H20N2O3. The fraction of sp³-hybridized carbons (Fsp3) is 0.200. The number of rotatable bonds is 5. The molecule has 1 amide bonds. The molecule has 0 aliphatic rings. The lowest BCUT2D eigenvalue weighted by Crippen LogP contribution is -2.34. The van der Waals surface area contributed by atoms with Crippen LogP contribution < -0.4 is 16.7 Å². The molecule has 0 fully saturated rings. The number of nitrogens with two attached hydrogens (primary N) is 1. The van der Waals surface area contributed by atoms with E-state index in [0.717, 1.165) is 22.1 Å². The van der Waals surface area contributed by atoms with Crippen molar-refractivity contribution in [3.05, 3.63) is 64.5 Å². The third kappa shape index (κ3) is 3.40. The summed E-state index contributed by atoms with van der Waals surface area (Å²) in [5.41, 5.74) is 9.01. The molecule has 0 unspecified atom stereocenters. The Morgan fingerprint density at radius 2 is 1.92 bits per heavy atom. The molecule has 0 aliphatic heterocycles. The first-order chi connectivity index (χ1) is 12.0. The molecular weight excluding hydrogens is 316 g/mol. The van der Waals surface area contributed by atoms with Crippen molar-refractivity contribution >= 4 is 22.6 Å². The number of fused-ring (bicyclic) bond motifs is 1. The van der Waals surface area contributed by atoms with E-state index in [0.29, 0.717) is 17.7 Å². The van der Waals surface area contributed by atoms with Crippen LogP contribution in [0.15, 0.2) is 57.7 Å². The second-order valence-corrected chi connectivity index (χ2v) is 6.01. The van der Waals surface area contributed by atoms with E-state index in [1.807, 2.05) is 50.2 Å². The van der Waals surface area contributed by atoms with Crippen LogP contribution in [0.2, 0.25) is 0 Å². The molecule has 0 radical (unpaired) electrons. The summed E-state index contributed by atoms with van der Waals surface area (Å²) in [7, 11) is 0. The zero-order valence-electron chi connectivity index (χ0n) is 14.2. The highest BCUT2D eigenvalue weighted by Crippen LogP contribution is 2.31. The van der Waals surface area contributed by atoms with E-state index < -0.39 is 17.6 Å². The van der Waals surface area contributed by atoms with Crippen molar-refractivity contribution in [3.63, 3.8) is 0 Å². The molecule has 128 valence electrons. The van der Waals surface area contributed by atoms with Crippen molar-refractivity contribution in [1.29, 1.82) is 0 Å².